The van der Waals surface area contributed by atoms with E-state index in [0.29, 0.717) is 0 Å². The van der Waals surface area contributed by atoms with E-state index in [0.717, 1.165) is 30.8 Å². The van der Waals surface area contributed by atoms with Crippen LogP contribution in [0.15, 0.2) is 48.5 Å². The molecular weight excluding hydrogens is 301 g/mol. The van der Waals surface area contributed by atoms with Gasteiger partial charge in [0.1, 0.15) is 18.2 Å². The summed E-state index contributed by atoms with van der Waals surface area (Å²) in [4.78, 5) is 0. The fourth-order valence-corrected chi connectivity index (χ4v) is 1.95. The van der Waals surface area contributed by atoms with Crippen LogP contribution in [0.2, 0.25) is 0 Å². The van der Waals surface area contributed by atoms with Gasteiger partial charge >= 0.3 is 0 Å². The van der Waals surface area contributed by atoms with Gasteiger partial charge in [-0.25, -0.2) is 4.39 Å². The molecule has 0 atom stereocenters. The largest absolute Gasteiger partial charge is 0.481 e. The number of halogens is 2. The lowest BCUT2D eigenvalue weighted by molar-refractivity contribution is 0.370. The van der Waals surface area contributed by atoms with Gasteiger partial charge < -0.3 is 10.1 Å². The Bertz CT molecular complexity index is 590. The summed E-state index contributed by atoms with van der Waals surface area (Å²) in [6.45, 7) is 1.92. The maximum Gasteiger partial charge on any atom is 0.148 e. The molecule has 116 valence electrons. The third kappa shape index (κ3) is 6.17. The fourth-order valence-electron chi connectivity index (χ4n) is 1.95. The van der Waals surface area contributed by atoms with Gasteiger partial charge in [0.15, 0.2) is 0 Å². The molecule has 2 nitrogen and oxygen atoms in total. The maximum atomic E-state index is 12.8. The predicted molar refractivity (Wildman–Crippen MR) is 89.8 cm³/mol. The Balaban J connectivity index is 0.00000242. The van der Waals surface area contributed by atoms with E-state index in [1.165, 1.54) is 17.7 Å². The van der Waals surface area contributed by atoms with Gasteiger partial charge in [-0.1, -0.05) is 30.2 Å². The van der Waals surface area contributed by atoms with Crippen LogP contribution in [0.3, 0.4) is 0 Å². The molecule has 0 aromatic heterocycles. The number of benzene rings is 2. The Kier molecular flexibility index (Phi) is 8.06. The lowest BCUT2D eigenvalue weighted by Gasteiger charge is -2.07. The topological polar surface area (TPSA) is 21.3 Å². The van der Waals surface area contributed by atoms with E-state index in [4.69, 9.17) is 11.2 Å². The number of hydrogen-bond acceptors (Lipinski definition) is 2. The lowest BCUT2D eigenvalue weighted by atomic mass is 10.1. The molecule has 0 unspecified atom stereocenters. The summed E-state index contributed by atoms with van der Waals surface area (Å²) in [6, 6.07) is 14.5. The van der Waals surface area contributed by atoms with Gasteiger partial charge in [0.25, 0.3) is 0 Å². The minimum atomic E-state index is -0.196. The minimum absolute atomic E-state index is 0. The van der Waals surface area contributed by atoms with Gasteiger partial charge in [0.2, 0.25) is 0 Å². The van der Waals surface area contributed by atoms with Crippen LogP contribution in [0.1, 0.15) is 11.1 Å². The van der Waals surface area contributed by atoms with Gasteiger partial charge in [-0.3, -0.25) is 0 Å². The molecule has 0 saturated heterocycles. The molecule has 22 heavy (non-hydrogen) atoms. The smallest absolute Gasteiger partial charge is 0.148 e. The summed E-state index contributed by atoms with van der Waals surface area (Å²) in [5.74, 6) is 3.02. The third-order valence-electron chi connectivity index (χ3n) is 3.08. The highest BCUT2D eigenvalue weighted by atomic mass is 35.5. The standard InChI is InChI=1S/C18H18FNO.ClH/c1-2-13-21-18-9-5-16(6-10-18)14-20-12-11-15-3-7-17(19)8-4-15;/h1,3-10,20H,11-14H2;1H. The van der Waals surface area contributed by atoms with Gasteiger partial charge in [-0.2, -0.15) is 0 Å². The van der Waals surface area contributed by atoms with Gasteiger partial charge in [-0.15, -0.1) is 18.8 Å². The van der Waals surface area contributed by atoms with Gasteiger partial charge in [-0.05, 0) is 48.4 Å². The number of ether oxygens (including phenoxy) is 1. The second kappa shape index (κ2) is 9.83. The first-order valence-electron chi connectivity index (χ1n) is 6.88. The Hall–Kier alpha value is -2.02. The van der Waals surface area contributed by atoms with Crippen LogP contribution in [-0.2, 0) is 13.0 Å². The number of rotatable bonds is 7. The molecule has 2 rings (SSSR count). The second-order valence-electron chi connectivity index (χ2n) is 4.69. The Morgan fingerprint density at radius 3 is 2.27 bits per heavy atom. The van der Waals surface area contributed by atoms with Crippen molar-refractivity contribution in [1.29, 1.82) is 0 Å². The summed E-state index contributed by atoms with van der Waals surface area (Å²) < 4.78 is 18.1. The normalized spacial score (nSPS) is 9.64. The second-order valence-corrected chi connectivity index (χ2v) is 4.69. The van der Waals surface area contributed by atoms with Crippen LogP contribution >= 0.6 is 12.4 Å². The van der Waals surface area contributed by atoms with E-state index in [1.54, 1.807) is 0 Å². The summed E-state index contributed by atoms with van der Waals surface area (Å²) >= 11 is 0. The number of terminal acetylenes is 1. The molecule has 1 N–H and O–H groups in total. The van der Waals surface area contributed by atoms with E-state index in [1.807, 2.05) is 36.4 Å². The van der Waals surface area contributed by atoms with Crippen LogP contribution in [0, 0.1) is 18.2 Å². The molecule has 0 saturated carbocycles. The molecule has 2 aromatic rings. The summed E-state index contributed by atoms with van der Waals surface area (Å²) in [6.07, 6.45) is 6.02. The molecule has 0 fully saturated rings. The summed E-state index contributed by atoms with van der Waals surface area (Å²) in [5, 5.41) is 3.36. The van der Waals surface area contributed by atoms with Gasteiger partial charge in [0, 0.05) is 6.54 Å². The molecule has 0 bridgehead atoms. The van der Waals surface area contributed by atoms with Crippen molar-refractivity contribution < 1.29 is 9.13 Å². The zero-order chi connectivity index (χ0) is 14.9. The Morgan fingerprint density at radius 1 is 1.00 bits per heavy atom. The van der Waals surface area contributed by atoms with Crippen molar-refractivity contribution in [3.05, 3.63) is 65.5 Å². The van der Waals surface area contributed by atoms with Gasteiger partial charge in [0.05, 0.1) is 0 Å². The zero-order valence-electron chi connectivity index (χ0n) is 12.2. The molecular formula is C18H19ClFNO. The van der Waals surface area contributed by atoms with Crippen molar-refractivity contribution in [3.63, 3.8) is 0 Å². The first-order chi connectivity index (χ1) is 10.3. The average molecular weight is 320 g/mol. The molecule has 0 aliphatic heterocycles. The van der Waals surface area contributed by atoms with E-state index < -0.39 is 0 Å². The van der Waals surface area contributed by atoms with E-state index in [-0.39, 0.29) is 24.8 Å². The van der Waals surface area contributed by atoms with Crippen molar-refractivity contribution in [2.24, 2.45) is 0 Å². The molecule has 4 heteroatoms. The minimum Gasteiger partial charge on any atom is -0.481 e. The third-order valence-corrected chi connectivity index (χ3v) is 3.08. The van der Waals surface area contributed by atoms with E-state index in [2.05, 4.69) is 11.2 Å². The van der Waals surface area contributed by atoms with Crippen LogP contribution in [0.5, 0.6) is 5.75 Å². The fraction of sp³-hybridized carbons (Fsp3) is 0.222. The molecule has 0 radical (unpaired) electrons. The molecule has 0 amide bonds. The van der Waals surface area contributed by atoms with Crippen molar-refractivity contribution in [2.75, 3.05) is 13.2 Å². The summed E-state index contributed by atoms with van der Waals surface area (Å²) in [7, 11) is 0. The predicted octanol–water partition coefficient (Wildman–Crippen LogP) is 3.59. The van der Waals surface area contributed by atoms with Crippen molar-refractivity contribution >= 4 is 12.4 Å². The van der Waals surface area contributed by atoms with E-state index in [9.17, 15) is 4.39 Å². The first kappa shape index (κ1) is 18.0. The molecule has 0 aliphatic carbocycles. The highest BCUT2D eigenvalue weighted by Gasteiger charge is 1.97. The first-order valence-corrected chi connectivity index (χ1v) is 6.88. The number of nitrogens with one attached hydrogen (secondary N) is 1. The molecule has 0 heterocycles. The number of hydrogen-bond donors (Lipinski definition) is 1. The Morgan fingerprint density at radius 2 is 1.64 bits per heavy atom. The zero-order valence-corrected chi connectivity index (χ0v) is 13.0. The molecule has 0 aliphatic rings. The van der Waals surface area contributed by atoms with Crippen LogP contribution in [-0.4, -0.2) is 13.2 Å². The maximum absolute atomic E-state index is 12.8. The monoisotopic (exact) mass is 319 g/mol. The van der Waals surface area contributed by atoms with Crippen molar-refractivity contribution in [1.82, 2.24) is 5.32 Å². The van der Waals surface area contributed by atoms with Crippen LogP contribution < -0.4 is 10.1 Å². The highest BCUT2D eigenvalue weighted by molar-refractivity contribution is 5.85. The SMILES string of the molecule is C#CCOc1ccc(CNCCc2ccc(F)cc2)cc1.Cl. The van der Waals surface area contributed by atoms with Crippen molar-refractivity contribution in [3.8, 4) is 18.1 Å². The molecule has 2 aromatic carbocycles. The van der Waals surface area contributed by atoms with Crippen molar-refractivity contribution in [2.45, 2.75) is 13.0 Å². The lowest BCUT2D eigenvalue weighted by Crippen LogP contribution is -2.16. The average Bonchev–Trinajstić information content (AvgIpc) is 2.52. The quantitative estimate of drug-likeness (QED) is 0.622. The van der Waals surface area contributed by atoms with Crippen LogP contribution in [0.4, 0.5) is 4.39 Å². The van der Waals surface area contributed by atoms with Crippen LogP contribution in [0.25, 0.3) is 0 Å². The van der Waals surface area contributed by atoms with E-state index >= 15 is 0 Å². The Labute approximate surface area is 137 Å². The highest BCUT2D eigenvalue weighted by Crippen LogP contribution is 2.11. The molecule has 0 spiro atoms. The summed E-state index contributed by atoms with van der Waals surface area (Å²) in [5.41, 5.74) is 2.31.